The second-order valence-corrected chi connectivity index (χ2v) is 12.9. The van der Waals surface area contributed by atoms with Gasteiger partial charge in [-0.1, -0.05) is 18.2 Å². The fraction of sp³-hybridized carbons (Fsp3) is 0.485. The van der Waals surface area contributed by atoms with E-state index in [1.54, 1.807) is 6.33 Å². The van der Waals surface area contributed by atoms with Gasteiger partial charge >= 0.3 is 0 Å². The van der Waals surface area contributed by atoms with Crippen molar-refractivity contribution in [3.05, 3.63) is 60.9 Å². The molecule has 8 rings (SSSR count). The number of fused-ring (bicyclic) bond motifs is 1. The minimum Gasteiger partial charge on any atom is -0.457 e. The molecule has 9 nitrogen and oxygen atoms in total. The molecule has 0 atom stereocenters. The summed E-state index contributed by atoms with van der Waals surface area (Å²) in [6, 6.07) is 19.7. The van der Waals surface area contributed by atoms with Gasteiger partial charge in [0, 0.05) is 56.9 Å². The van der Waals surface area contributed by atoms with E-state index in [4.69, 9.17) is 15.6 Å². The number of nitrogens with zero attached hydrogens (tertiary/aromatic N) is 6. The van der Waals surface area contributed by atoms with Crippen molar-refractivity contribution in [1.29, 1.82) is 0 Å². The van der Waals surface area contributed by atoms with Gasteiger partial charge in [-0.05, 0) is 80.3 Å². The fourth-order valence-corrected chi connectivity index (χ4v) is 7.68. The molecule has 0 radical (unpaired) electrons. The number of anilines is 1. The van der Waals surface area contributed by atoms with Crippen molar-refractivity contribution in [2.75, 3.05) is 45.0 Å². The van der Waals surface area contributed by atoms with Crippen LogP contribution in [0.4, 0.5) is 5.82 Å². The van der Waals surface area contributed by atoms with Gasteiger partial charge < -0.3 is 15.8 Å². The molecule has 4 aromatic rings. The molecule has 42 heavy (non-hydrogen) atoms. The van der Waals surface area contributed by atoms with Gasteiger partial charge in [-0.3, -0.25) is 9.80 Å². The molecular formula is C33H40N8O. The maximum atomic E-state index is 6.41. The van der Waals surface area contributed by atoms with Crippen LogP contribution < -0.4 is 15.8 Å². The number of hydrogen-bond acceptors (Lipinski definition) is 8. The number of nitrogen functional groups attached to an aromatic ring is 1. The highest BCUT2D eigenvalue weighted by Gasteiger charge is 2.44. The lowest BCUT2D eigenvalue weighted by Gasteiger charge is -2.54. The summed E-state index contributed by atoms with van der Waals surface area (Å²) in [6.07, 6.45) is 9.30. The Hall–Kier alpha value is -3.53. The van der Waals surface area contributed by atoms with E-state index >= 15 is 0 Å². The van der Waals surface area contributed by atoms with E-state index in [9.17, 15) is 0 Å². The third-order valence-electron chi connectivity index (χ3n) is 10.4. The minimum absolute atomic E-state index is 0.300. The summed E-state index contributed by atoms with van der Waals surface area (Å²) >= 11 is 0. The average Bonchev–Trinajstić information content (AvgIpc) is 3.38. The van der Waals surface area contributed by atoms with Gasteiger partial charge in [0.05, 0.1) is 11.4 Å². The lowest BCUT2D eigenvalue weighted by molar-refractivity contribution is -0.0359. The summed E-state index contributed by atoms with van der Waals surface area (Å²) in [6.45, 7) is 7.18. The van der Waals surface area contributed by atoms with Gasteiger partial charge in [0.2, 0.25) is 0 Å². The molecule has 1 aliphatic carbocycles. The Morgan fingerprint density at radius 2 is 1.50 bits per heavy atom. The van der Waals surface area contributed by atoms with E-state index in [0.29, 0.717) is 23.3 Å². The first-order valence-corrected chi connectivity index (χ1v) is 15.7. The maximum Gasteiger partial charge on any atom is 0.164 e. The summed E-state index contributed by atoms with van der Waals surface area (Å²) in [5, 5.41) is 9.45. The van der Waals surface area contributed by atoms with Gasteiger partial charge in [-0.15, -0.1) is 0 Å². The third kappa shape index (κ3) is 4.73. The predicted molar refractivity (Wildman–Crippen MR) is 164 cm³/mol. The Kier molecular flexibility index (Phi) is 6.61. The number of nitrogens with two attached hydrogens (primary N) is 1. The first-order chi connectivity index (χ1) is 20.6. The molecule has 3 N–H and O–H groups in total. The van der Waals surface area contributed by atoms with Crippen molar-refractivity contribution >= 4 is 16.9 Å². The van der Waals surface area contributed by atoms with Crippen LogP contribution in [0.1, 0.15) is 44.6 Å². The molecular weight excluding hydrogens is 524 g/mol. The second-order valence-electron chi connectivity index (χ2n) is 12.9. The number of piperidine rings is 1. The van der Waals surface area contributed by atoms with E-state index < -0.39 is 0 Å². The monoisotopic (exact) mass is 564 g/mol. The fourth-order valence-electron chi connectivity index (χ4n) is 7.68. The smallest absolute Gasteiger partial charge is 0.164 e. The largest absolute Gasteiger partial charge is 0.457 e. The molecule has 0 unspecified atom stereocenters. The molecule has 0 bridgehead atoms. The third-order valence-corrected chi connectivity index (χ3v) is 10.4. The Balaban J connectivity index is 0.930. The molecule has 218 valence electrons. The number of benzene rings is 2. The molecule has 2 aromatic heterocycles. The zero-order valence-electron chi connectivity index (χ0n) is 24.2. The van der Waals surface area contributed by atoms with Gasteiger partial charge in [0.15, 0.2) is 5.65 Å². The van der Waals surface area contributed by atoms with Crippen LogP contribution in [0, 0.1) is 5.41 Å². The lowest BCUT2D eigenvalue weighted by Crippen LogP contribution is -2.64. The summed E-state index contributed by atoms with van der Waals surface area (Å²) in [7, 11) is 0. The van der Waals surface area contributed by atoms with Crippen molar-refractivity contribution < 1.29 is 4.74 Å². The summed E-state index contributed by atoms with van der Waals surface area (Å²) in [5.41, 5.74) is 9.70. The molecule has 5 heterocycles. The van der Waals surface area contributed by atoms with Crippen LogP contribution >= 0.6 is 0 Å². The normalized spacial score (nSPS) is 22.3. The number of rotatable bonds is 6. The van der Waals surface area contributed by atoms with Crippen LogP contribution in [0.15, 0.2) is 60.9 Å². The van der Waals surface area contributed by atoms with Crippen molar-refractivity contribution in [1.82, 2.24) is 34.9 Å². The van der Waals surface area contributed by atoms with E-state index in [-0.39, 0.29) is 0 Å². The highest BCUT2D eigenvalue weighted by molar-refractivity contribution is 5.98. The van der Waals surface area contributed by atoms with Gasteiger partial charge in [0.25, 0.3) is 0 Å². The molecule has 2 aromatic carbocycles. The molecule has 0 amide bonds. The minimum atomic E-state index is 0.300. The number of likely N-dealkylation sites (tertiary alicyclic amines) is 2. The Morgan fingerprint density at radius 1 is 0.786 bits per heavy atom. The van der Waals surface area contributed by atoms with Crippen molar-refractivity contribution in [2.24, 2.45) is 5.41 Å². The topological polar surface area (TPSA) is 97.4 Å². The predicted octanol–water partition coefficient (Wildman–Crippen LogP) is 4.72. The summed E-state index contributed by atoms with van der Waals surface area (Å²) in [4.78, 5) is 14.5. The van der Waals surface area contributed by atoms with E-state index in [2.05, 4.69) is 29.8 Å². The van der Waals surface area contributed by atoms with Crippen LogP contribution in [0.2, 0.25) is 0 Å². The van der Waals surface area contributed by atoms with Crippen LogP contribution in [0.3, 0.4) is 0 Å². The molecule has 4 aliphatic rings. The molecule has 4 fully saturated rings. The van der Waals surface area contributed by atoms with Crippen molar-refractivity contribution in [2.45, 2.75) is 56.7 Å². The van der Waals surface area contributed by atoms with Gasteiger partial charge in [-0.25, -0.2) is 14.6 Å². The van der Waals surface area contributed by atoms with E-state index in [1.807, 2.05) is 54.6 Å². The highest BCUT2D eigenvalue weighted by atomic mass is 16.5. The summed E-state index contributed by atoms with van der Waals surface area (Å²) < 4.78 is 8.12. The average molecular weight is 565 g/mol. The van der Waals surface area contributed by atoms with E-state index in [1.165, 1.54) is 51.9 Å². The van der Waals surface area contributed by atoms with Crippen molar-refractivity contribution in [3.8, 4) is 22.8 Å². The van der Waals surface area contributed by atoms with Crippen LogP contribution in [-0.2, 0) is 0 Å². The van der Waals surface area contributed by atoms with Gasteiger partial charge in [-0.2, -0.15) is 5.10 Å². The number of hydrogen-bond donors (Lipinski definition) is 2. The highest BCUT2D eigenvalue weighted by Crippen LogP contribution is 2.42. The first-order valence-electron chi connectivity index (χ1n) is 15.7. The number of ether oxygens (including phenoxy) is 1. The Morgan fingerprint density at radius 3 is 2.19 bits per heavy atom. The second kappa shape index (κ2) is 10.6. The number of nitrogens with one attached hydrogen (secondary N) is 1. The zero-order valence-corrected chi connectivity index (χ0v) is 24.2. The van der Waals surface area contributed by atoms with Crippen LogP contribution in [-0.4, -0.2) is 80.9 Å². The van der Waals surface area contributed by atoms with Crippen LogP contribution in [0.5, 0.6) is 11.5 Å². The first kappa shape index (κ1) is 26.1. The quantitative estimate of drug-likeness (QED) is 0.347. The van der Waals surface area contributed by atoms with E-state index in [0.717, 1.165) is 65.8 Å². The molecule has 1 saturated carbocycles. The lowest BCUT2D eigenvalue weighted by atomic mass is 9.68. The van der Waals surface area contributed by atoms with Gasteiger partial charge in [0.1, 0.15) is 29.3 Å². The number of para-hydroxylation sites is 1. The number of aromatic nitrogens is 4. The standard InChI is InChI=1S/C33H40N8O/c34-31-29-30(23-6-8-28(9-7-23)42-27-4-2-1-3-5-27)38-41(32(29)37-22-36-31)25-12-16-39(17-13-25)26-18-40(19-26)24-10-14-33(15-11-24)20-35-21-33/h1-9,22,24-26,35H,10-21H2,(H2,34,36,37). The molecule has 3 saturated heterocycles. The molecule has 3 aliphatic heterocycles. The SMILES string of the molecule is Nc1ncnc2c1c(-c1ccc(Oc3ccccc3)cc1)nn2C1CCN(C2CN(C3CCC4(CC3)CNC4)C2)CC1. The maximum absolute atomic E-state index is 6.41. The molecule has 1 spiro atoms. The summed E-state index contributed by atoms with van der Waals surface area (Å²) in [5.74, 6) is 2.06. The van der Waals surface area contributed by atoms with Crippen molar-refractivity contribution in [3.63, 3.8) is 0 Å². The Bertz CT molecular complexity index is 1530. The zero-order chi connectivity index (χ0) is 28.1. The molecule has 9 heteroatoms. The van der Waals surface area contributed by atoms with Crippen LogP contribution in [0.25, 0.3) is 22.3 Å². The Labute approximate surface area is 247 Å².